The maximum Gasteiger partial charge on any atom is 0.250 e. The van der Waals surface area contributed by atoms with Gasteiger partial charge < -0.3 is 15.8 Å². The third-order valence-corrected chi connectivity index (χ3v) is 5.11. The standard InChI is InChI=1S/C18H21N3O5S/c1-12(18(23)20-16-7-5-4-6-15(16)17(19)22)21(27(3,24)25)13-8-10-14(26-2)11-9-13/h4-12H,1-3H3,(H2,19,22)(H,20,23)/t12-/m1/s1. The van der Waals surface area contributed by atoms with Gasteiger partial charge in [0.2, 0.25) is 15.9 Å². The van der Waals surface area contributed by atoms with Crippen molar-refractivity contribution < 1.29 is 22.7 Å². The molecule has 8 nitrogen and oxygen atoms in total. The van der Waals surface area contributed by atoms with Crippen molar-refractivity contribution in [3.8, 4) is 5.75 Å². The number of sulfonamides is 1. The number of carbonyl (C=O) groups excluding carboxylic acids is 2. The van der Waals surface area contributed by atoms with Crippen LogP contribution in [-0.2, 0) is 14.8 Å². The fourth-order valence-corrected chi connectivity index (χ4v) is 3.76. The van der Waals surface area contributed by atoms with Crippen molar-refractivity contribution in [3.63, 3.8) is 0 Å². The van der Waals surface area contributed by atoms with Crippen LogP contribution in [0.3, 0.4) is 0 Å². The van der Waals surface area contributed by atoms with E-state index in [1.54, 1.807) is 36.4 Å². The number of anilines is 2. The zero-order valence-electron chi connectivity index (χ0n) is 15.2. The molecule has 0 spiro atoms. The molecule has 0 saturated carbocycles. The maximum atomic E-state index is 12.7. The van der Waals surface area contributed by atoms with E-state index < -0.39 is 27.9 Å². The molecule has 144 valence electrons. The van der Waals surface area contributed by atoms with Crippen LogP contribution < -0.4 is 20.1 Å². The Morgan fingerprint density at radius 3 is 2.22 bits per heavy atom. The van der Waals surface area contributed by atoms with Gasteiger partial charge in [-0.05, 0) is 43.3 Å². The van der Waals surface area contributed by atoms with Gasteiger partial charge >= 0.3 is 0 Å². The zero-order chi connectivity index (χ0) is 20.2. The predicted molar refractivity (Wildman–Crippen MR) is 103 cm³/mol. The lowest BCUT2D eigenvalue weighted by Gasteiger charge is -2.28. The Hall–Kier alpha value is -3.07. The van der Waals surface area contributed by atoms with Gasteiger partial charge in [0, 0.05) is 0 Å². The number of ether oxygens (including phenoxy) is 1. The molecule has 0 aliphatic heterocycles. The molecule has 27 heavy (non-hydrogen) atoms. The number of carbonyl (C=O) groups is 2. The quantitative estimate of drug-likeness (QED) is 0.743. The topological polar surface area (TPSA) is 119 Å². The lowest BCUT2D eigenvalue weighted by molar-refractivity contribution is -0.116. The van der Waals surface area contributed by atoms with Crippen LogP contribution in [0.4, 0.5) is 11.4 Å². The highest BCUT2D eigenvalue weighted by Crippen LogP contribution is 2.24. The average Bonchev–Trinajstić information content (AvgIpc) is 2.61. The number of nitrogens with one attached hydrogen (secondary N) is 1. The first-order chi connectivity index (χ1) is 12.6. The number of nitrogens with two attached hydrogens (primary N) is 1. The van der Waals surface area contributed by atoms with Crippen LogP contribution >= 0.6 is 0 Å². The summed E-state index contributed by atoms with van der Waals surface area (Å²) in [5.74, 6) is -0.752. The summed E-state index contributed by atoms with van der Waals surface area (Å²) in [6.45, 7) is 1.45. The van der Waals surface area contributed by atoms with E-state index in [4.69, 9.17) is 10.5 Å². The fourth-order valence-electron chi connectivity index (χ4n) is 2.58. The van der Waals surface area contributed by atoms with Crippen LogP contribution in [0, 0.1) is 0 Å². The van der Waals surface area contributed by atoms with Crippen molar-refractivity contribution in [1.82, 2.24) is 0 Å². The Morgan fingerprint density at radius 2 is 1.70 bits per heavy atom. The number of hydrogen-bond acceptors (Lipinski definition) is 5. The number of benzene rings is 2. The Labute approximate surface area is 158 Å². The Bertz CT molecular complexity index is 942. The molecule has 0 aliphatic rings. The van der Waals surface area contributed by atoms with E-state index in [2.05, 4.69) is 5.32 Å². The van der Waals surface area contributed by atoms with Crippen LogP contribution in [0.25, 0.3) is 0 Å². The van der Waals surface area contributed by atoms with Crippen LogP contribution in [-0.4, -0.2) is 39.6 Å². The third kappa shape index (κ3) is 4.76. The number of para-hydroxylation sites is 1. The van der Waals surface area contributed by atoms with E-state index in [0.29, 0.717) is 11.4 Å². The first-order valence-corrected chi connectivity index (χ1v) is 9.83. The molecule has 0 unspecified atom stereocenters. The summed E-state index contributed by atoms with van der Waals surface area (Å²) < 4.78 is 30.7. The SMILES string of the molecule is COc1ccc(N([C@H](C)C(=O)Nc2ccccc2C(N)=O)S(C)(=O)=O)cc1. The normalized spacial score (nSPS) is 12.1. The summed E-state index contributed by atoms with van der Waals surface area (Å²) >= 11 is 0. The first kappa shape index (κ1) is 20.2. The molecule has 1 atom stereocenters. The summed E-state index contributed by atoms with van der Waals surface area (Å²) in [7, 11) is -2.26. The van der Waals surface area contributed by atoms with E-state index in [1.807, 2.05) is 0 Å². The Balaban J connectivity index is 2.34. The smallest absolute Gasteiger partial charge is 0.250 e. The van der Waals surface area contributed by atoms with Crippen LogP contribution in [0.1, 0.15) is 17.3 Å². The van der Waals surface area contributed by atoms with Crippen LogP contribution in [0.15, 0.2) is 48.5 Å². The largest absolute Gasteiger partial charge is 0.497 e. The molecule has 0 aliphatic carbocycles. The molecule has 0 aromatic heterocycles. The highest BCUT2D eigenvalue weighted by atomic mass is 32.2. The minimum atomic E-state index is -3.76. The van der Waals surface area contributed by atoms with Crippen molar-refractivity contribution in [3.05, 3.63) is 54.1 Å². The Kier molecular flexibility index (Phi) is 6.06. The average molecular weight is 391 g/mol. The maximum absolute atomic E-state index is 12.7. The fraction of sp³-hybridized carbons (Fsp3) is 0.222. The predicted octanol–water partition coefficient (Wildman–Crippen LogP) is 1.59. The van der Waals surface area contributed by atoms with Gasteiger partial charge in [-0.25, -0.2) is 8.42 Å². The van der Waals surface area contributed by atoms with E-state index >= 15 is 0 Å². The highest BCUT2D eigenvalue weighted by molar-refractivity contribution is 7.92. The summed E-state index contributed by atoms with van der Waals surface area (Å²) in [6, 6.07) is 11.4. The molecule has 0 heterocycles. The number of primary amides is 1. The second kappa shape index (κ2) is 8.09. The molecule has 2 aromatic rings. The molecule has 0 radical (unpaired) electrons. The first-order valence-electron chi connectivity index (χ1n) is 7.98. The van der Waals surface area contributed by atoms with Crippen molar-refractivity contribution in [1.29, 1.82) is 0 Å². The number of nitrogens with zero attached hydrogens (tertiary/aromatic N) is 1. The second-order valence-corrected chi connectivity index (χ2v) is 7.69. The van der Waals surface area contributed by atoms with Crippen molar-refractivity contribution in [2.45, 2.75) is 13.0 Å². The minimum absolute atomic E-state index is 0.133. The zero-order valence-corrected chi connectivity index (χ0v) is 16.0. The van der Waals surface area contributed by atoms with Gasteiger partial charge in [-0.3, -0.25) is 13.9 Å². The molecular formula is C18H21N3O5S. The Morgan fingerprint density at radius 1 is 1.11 bits per heavy atom. The molecule has 3 N–H and O–H groups in total. The van der Waals surface area contributed by atoms with E-state index in [9.17, 15) is 18.0 Å². The molecule has 9 heteroatoms. The summed E-state index contributed by atoms with van der Waals surface area (Å²) in [5.41, 5.74) is 5.96. The number of hydrogen-bond donors (Lipinski definition) is 2. The minimum Gasteiger partial charge on any atom is -0.497 e. The van der Waals surface area contributed by atoms with Crippen molar-refractivity contribution in [2.24, 2.45) is 5.73 Å². The van der Waals surface area contributed by atoms with Gasteiger partial charge in [-0.1, -0.05) is 12.1 Å². The summed E-state index contributed by atoms with van der Waals surface area (Å²) in [4.78, 5) is 24.2. The monoisotopic (exact) mass is 391 g/mol. The third-order valence-electron chi connectivity index (χ3n) is 3.87. The van der Waals surface area contributed by atoms with Crippen molar-refractivity contribution in [2.75, 3.05) is 23.0 Å². The van der Waals surface area contributed by atoms with Gasteiger partial charge in [-0.2, -0.15) is 0 Å². The van der Waals surface area contributed by atoms with Crippen LogP contribution in [0.2, 0.25) is 0 Å². The van der Waals surface area contributed by atoms with E-state index in [0.717, 1.165) is 10.6 Å². The summed E-state index contributed by atoms with van der Waals surface area (Å²) in [5, 5.41) is 2.57. The van der Waals surface area contributed by atoms with Gasteiger partial charge in [-0.15, -0.1) is 0 Å². The molecule has 0 saturated heterocycles. The molecule has 0 bridgehead atoms. The highest BCUT2D eigenvalue weighted by Gasteiger charge is 2.29. The molecular weight excluding hydrogens is 370 g/mol. The molecule has 2 rings (SSSR count). The number of rotatable bonds is 7. The van der Waals surface area contributed by atoms with E-state index in [-0.39, 0.29) is 11.3 Å². The second-order valence-electron chi connectivity index (χ2n) is 5.83. The van der Waals surface area contributed by atoms with Crippen molar-refractivity contribution >= 4 is 33.2 Å². The van der Waals surface area contributed by atoms with Gasteiger partial charge in [0.25, 0.3) is 5.91 Å². The van der Waals surface area contributed by atoms with E-state index in [1.165, 1.54) is 26.2 Å². The molecule has 2 aromatic carbocycles. The summed E-state index contributed by atoms with van der Waals surface area (Å²) in [6.07, 6.45) is 1.01. The number of amides is 2. The molecule has 2 amide bonds. The van der Waals surface area contributed by atoms with Gasteiger partial charge in [0.05, 0.1) is 30.3 Å². The van der Waals surface area contributed by atoms with Crippen LogP contribution in [0.5, 0.6) is 5.75 Å². The van der Waals surface area contributed by atoms with Gasteiger partial charge in [0.15, 0.2) is 0 Å². The van der Waals surface area contributed by atoms with Gasteiger partial charge in [0.1, 0.15) is 11.8 Å². The lowest BCUT2D eigenvalue weighted by Crippen LogP contribution is -2.45. The lowest BCUT2D eigenvalue weighted by atomic mass is 10.1. The molecule has 0 fully saturated rings. The number of methoxy groups -OCH3 is 1.